The van der Waals surface area contributed by atoms with E-state index in [9.17, 15) is 9.18 Å². The van der Waals surface area contributed by atoms with E-state index in [4.69, 9.17) is 22.1 Å². The van der Waals surface area contributed by atoms with E-state index in [1.54, 1.807) is 6.92 Å². The molecular weight excluding hydrogens is 233 g/mol. The molecule has 1 aromatic carbocycles. The molecule has 1 rings (SSSR count). The van der Waals surface area contributed by atoms with E-state index in [2.05, 4.69) is 0 Å². The Bertz CT molecular complexity index is 364. The van der Waals surface area contributed by atoms with Crippen LogP contribution >= 0.6 is 11.6 Å². The Morgan fingerprint density at radius 2 is 2.31 bits per heavy atom. The van der Waals surface area contributed by atoms with E-state index in [-0.39, 0.29) is 23.6 Å². The van der Waals surface area contributed by atoms with Crippen LogP contribution in [0.4, 0.5) is 4.39 Å². The van der Waals surface area contributed by atoms with Crippen molar-refractivity contribution in [2.24, 2.45) is 5.73 Å². The van der Waals surface area contributed by atoms with Gasteiger partial charge in [0.25, 0.3) is 0 Å². The quantitative estimate of drug-likeness (QED) is 0.829. The van der Waals surface area contributed by atoms with E-state index in [0.717, 1.165) is 0 Å². The molecule has 0 saturated heterocycles. The Kier molecular flexibility index (Phi) is 4.71. The van der Waals surface area contributed by atoms with Crippen molar-refractivity contribution in [3.8, 4) is 0 Å². The lowest BCUT2D eigenvalue weighted by Gasteiger charge is -2.13. The summed E-state index contributed by atoms with van der Waals surface area (Å²) in [5.41, 5.74) is 5.85. The van der Waals surface area contributed by atoms with Crippen LogP contribution in [0.3, 0.4) is 0 Å². The van der Waals surface area contributed by atoms with E-state index >= 15 is 0 Å². The molecule has 1 unspecified atom stereocenters. The molecule has 2 N–H and O–H groups in total. The first kappa shape index (κ1) is 12.9. The highest BCUT2D eigenvalue weighted by atomic mass is 35.5. The van der Waals surface area contributed by atoms with Gasteiger partial charge in [0.05, 0.1) is 13.0 Å². The molecule has 5 heteroatoms. The molecule has 0 heterocycles. The summed E-state index contributed by atoms with van der Waals surface area (Å²) in [5.74, 6) is -0.974. The Labute approximate surface area is 98.3 Å². The first-order valence-corrected chi connectivity index (χ1v) is 5.29. The van der Waals surface area contributed by atoms with Crippen molar-refractivity contribution >= 4 is 17.6 Å². The summed E-state index contributed by atoms with van der Waals surface area (Å²) in [7, 11) is 0. The van der Waals surface area contributed by atoms with Crippen LogP contribution in [0.25, 0.3) is 0 Å². The highest BCUT2D eigenvalue weighted by Gasteiger charge is 2.18. The van der Waals surface area contributed by atoms with Crippen molar-refractivity contribution in [2.45, 2.75) is 19.4 Å². The minimum Gasteiger partial charge on any atom is -0.466 e. The topological polar surface area (TPSA) is 52.3 Å². The zero-order valence-electron chi connectivity index (χ0n) is 8.87. The maximum Gasteiger partial charge on any atom is 0.307 e. The number of benzene rings is 1. The van der Waals surface area contributed by atoms with Crippen LogP contribution in [0.2, 0.25) is 5.02 Å². The minimum atomic E-state index is -0.784. The molecular formula is C11H13ClFNO2. The van der Waals surface area contributed by atoms with Crippen molar-refractivity contribution in [3.05, 3.63) is 34.6 Å². The summed E-state index contributed by atoms with van der Waals surface area (Å²) in [6.45, 7) is 1.97. The fourth-order valence-corrected chi connectivity index (χ4v) is 1.67. The van der Waals surface area contributed by atoms with Gasteiger partial charge in [0.15, 0.2) is 0 Å². The highest BCUT2D eigenvalue weighted by molar-refractivity contribution is 6.31. The van der Waals surface area contributed by atoms with Crippen LogP contribution in [0.1, 0.15) is 24.9 Å². The van der Waals surface area contributed by atoms with Gasteiger partial charge in [-0.2, -0.15) is 0 Å². The fraction of sp³-hybridized carbons (Fsp3) is 0.364. The van der Waals surface area contributed by atoms with E-state index < -0.39 is 17.8 Å². The lowest BCUT2D eigenvalue weighted by molar-refractivity contribution is -0.143. The predicted octanol–water partition coefficient (Wildman–Crippen LogP) is 2.43. The van der Waals surface area contributed by atoms with Gasteiger partial charge in [-0.3, -0.25) is 4.79 Å². The number of esters is 1. The standard InChI is InChI=1S/C11H13ClFNO2/c1-2-16-10(15)6-9(14)11-7(12)4-3-5-8(11)13/h3-5,9H,2,6,14H2,1H3. The van der Waals surface area contributed by atoms with Gasteiger partial charge in [-0.05, 0) is 19.1 Å². The predicted molar refractivity (Wildman–Crippen MR) is 59.6 cm³/mol. The Hall–Kier alpha value is -1.13. The summed E-state index contributed by atoms with van der Waals surface area (Å²) in [4.78, 5) is 11.2. The van der Waals surface area contributed by atoms with Gasteiger partial charge >= 0.3 is 5.97 Å². The smallest absolute Gasteiger partial charge is 0.307 e. The van der Waals surface area contributed by atoms with Crippen molar-refractivity contribution in [1.29, 1.82) is 0 Å². The molecule has 88 valence electrons. The lowest BCUT2D eigenvalue weighted by atomic mass is 10.0. The van der Waals surface area contributed by atoms with Crippen LogP contribution in [0, 0.1) is 5.82 Å². The van der Waals surface area contributed by atoms with Crippen molar-refractivity contribution in [2.75, 3.05) is 6.61 Å². The van der Waals surface area contributed by atoms with Gasteiger partial charge in [0, 0.05) is 16.6 Å². The molecule has 0 radical (unpaired) electrons. The second-order valence-corrected chi connectivity index (χ2v) is 3.66. The number of nitrogens with two attached hydrogens (primary N) is 1. The molecule has 0 aliphatic rings. The van der Waals surface area contributed by atoms with Crippen LogP contribution in [0.15, 0.2) is 18.2 Å². The first-order valence-electron chi connectivity index (χ1n) is 4.91. The van der Waals surface area contributed by atoms with Crippen LogP contribution in [-0.2, 0) is 9.53 Å². The number of rotatable bonds is 4. The number of carbonyl (C=O) groups excluding carboxylic acids is 1. The zero-order valence-corrected chi connectivity index (χ0v) is 9.63. The molecule has 1 aromatic rings. The van der Waals surface area contributed by atoms with Gasteiger partial charge in [-0.25, -0.2) is 4.39 Å². The molecule has 16 heavy (non-hydrogen) atoms. The number of ether oxygens (including phenoxy) is 1. The van der Waals surface area contributed by atoms with Crippen LogP contribution in [0.5, 0.6) is 0 Å². The summed E-state index contributed by atoms with van der Waals surface area (Å²) in [6, 6.07) is 3.49. The number of halogens is 2. The third-order valence-corrected chi connectivity index (χ3v) is 2.39. The molecule has 0 amide bonds. The molecule has 0 saturated carbocycles. The first-order chi connectivity index (χ1) is 7.56. The number of hydrogen-bond donors (Lipinski definition) is 1. The SMILES string of the molecule is CCOC(=O)CC(N)c1c(F)cccc1Cl. The van der Waals surface area contributed by atoms with E-state index in [1.807, 2.05) is 0 Å². The zero-order chi connectivity index (χ0) is 12.1. The summed E-state index contributed by atoms with van der Waals surface area (Å²) in [6.07, 6.45) is -0.0888. The minimum absolute atomic E-state index is 0.0888. The molecule has 0 fully saturated rings. The Morgan fingerprint density at radius 3 is 2.88 bits per heavy atom. The second-order valence-electron chi connectivity index (χ2n) is 3.25. The maximum absolute atomic E-state index is 13.4. The fourth-order valence-electron chi connectivity index (χ4n) is 1.37. The largest absolute Gasteiger partial charge is 0.466 e. The second kappa shape index (κ2) is 5.82. The van der Waals surface area contributed by atoms with Gasteiger partial charge in [0.1, 0.15) is 5.82 Å². The Balaban J connectivity index is 2.80. The molecule has 0 spiro atoms. The highest BCUT2D eigenvalue weighted by Crippen LogP contribution is 2.26. The third kappa shape index (κ3) is 3.18. The molecule has 3 nitrogen and oxygen atoms in total. The van der Waals surface area contributed by atoms with Crippen molar-refractivity contribution < 1.29 is 13.9 Å². The average Bonchev–Trinajstić information content (AvgIpc) is 2.17. The normalized spacial score (nSPS) is 12.2. The molecule has 0 bridgehead atoms. The maximum atomic E-state index is 13.4. The van der Waals surface area contributed by atoms with E-state index in [0.29, 0.717) is 0 Å². The summed E-state index contributed by atoms with van der Waals surface area (Å²) < 4.78 is 18.1. The van der Waals surface area contributed by atoms with Gasteiger partial charge in [-0.15, -0.1) is 0 Å². The van der Waals surface area contributed by atoms with Crippen LogP contribution < -0.4 is 5.73 Å². The van der Waals surface area contributed by atoms with Gasteiger partial charge < -0.3 is 10.5 Å². The van der Waals surface area contributed by atoms with E-state index in [1.165, 1.54) is 18.2 Å². The van der Waals surface area contributed by atoms with Crippen molar-refractivity contribution in [1.82, 2.24) is 0 Å². The van der Waals surface area contributed by atoms with Gasteiger partial charge in [-0.1, -0.05) is 17.7 Å². The van der Waals surface area contributed by atoms with Crippen molar-refractivity contribution in [3.63, 3.8) is 0 Å². The average molecular weight is 246 g/mol. The summed E-state index contributed by atoms with van der Waals surface area (Å²) in [5, 5.41) is 0.219. The lowest BCUT2D eigenvalue weighted by Crippen LogP contribution is -2.18. The molecule has 1 atom stereocenters. The Morgan fingerprint density at radius 1 is 1.62 bits per heavy atom. The number of hydrogen-bond acceptors (Lipinski definition) is 3. The monoisotopic (exact) mass is 245 g/mol. The summed E-state index contributed by atoms with van der Waals surface area (Å²) >= 11 is 5.81. The molecule has 0 aromatic heterocycles. The number of carbonyl (C=O) groups is 1. The molecule has 0 aliphatic carbocycles. The third-order valence-electron chi connectivity index (χ3n) is 2.06. The van der Waals surface area contributed by atoms with Gasteiger partial charge in [0.2, 0.25) is 0 Å². The molecule has 0 aliphatic heterocycles. The van der Waals surface area contributed by atoms with Crippen LogP contribution in [-0.4, -0.2) is 12.6 Å².